The minimum atomic E-state index is -0.261. The number of nitrogens with one attached hydrogen (secondary N) is 2. The number of nitrogens with zero attached hydrogens (tertiary/aromatic N) is 4. The van der Waals surface area contributed by atoms with Gasteiger partial charge in [0.25, 0.3) is 0 Å². The van der Waals surface area contributed by atoms with Crippen LogP contribution in [0.25, 0.3) is 0 Å². The van der Waals surface area contributed by atoms with Crippen molar-refractivity contribution in [3.63, 3.8) is 0 Å². The van der Waals surface area contributed by atoms with E-state index in [9.17, 15) is 9.59 Å². The highest BCUT2D eigenvalue weighted by Gasteiger charge is 2.17. The summed E-state index contributed by atoms with van der Waals surface area (Å²) in [4.78, 5) is 37.7. The summed E-state index contributed by atoms with van der Waals surface area (Å²) >= 11 is 0. The Hall–Kier alpha value is -4.18. The van der Waals surface area contributed by atoms with Gasteiger partial charge in [-0.25, -0.2) is 9.97 Å². The zero-order chi connectivity index (χ0) is 26.2. The van der Waals surface area contributed by atoms with Crippen molar-refractivity contribution in [1.82, 2.24) is 14.9 Å². The van der Waals surface area contributed by atoms with Crippen LogP contribution in [0.15, 0.2) is 48.7 Å². The number of rotatable bonds is 11. The molecule has 0 radical (unpaired) electrons. The van der Waals surface area contributed by atoms with Gasteiger partial charge in [0.15, 0.2) is 0 Å². The number of carbonyl (C=O) groups is 2. The van der Waals surface area contributed by atoms with E-state index in [0.717, 1.165) is 18.8 Å². The summed E-state index contributed by atoms with van der Waals surface area (Å²) in [6, 6.07) is 12.0. The van der Waals surface area contributed by atoms with Crippen LogP contribution in [0.1, 0.15) is 23.0 Å². The number of aromatic nitrogens is 2. The molecular weight excluding hydrogens is 460 g/mol. The molecule has 0 aliphatic carbocycles. The molecule has 0 saturated heterocycles. The topological polar surface area (TPSA) is 109 Å². The molecule has 0 unspecified atom stereocenters. The molecule has 3 rings (SSSR count). The number of carbonyl (C=O) groups excluding carboxylic acids is 2. The number of hydrogen-bond acceptors (Lipinski definition) is 9. The molecule has 1 heterocycles. The number of ketones is 1. The molecule has 1 aromatic heterocycles. The minimum Gasteiger partial charge on any atom is -0.497 e. The highest BCUT2D eigenvalue weighted by atomic mass is 16.5. The van der Waals surface area contributed by atoms with Crippen LogP contribution >= 0.6 is 0 Å². The Labute approximate surface area is 211 Å². The molecule has 0 spiro atoms. The summed E-state index contributed by atoms with van der Waals surface area (Å²) in [6.45, 7) is 3.03. The lowest BCUT2D eigenvalue weighted by Crippen LogP contribution is -2.29. The van der Waals surface area contributed by atoms with Crippen LogP contribution in [-0.2, 0) is 4.79 Å². The minimum absolute atomic E-state index is 0.199. The highest BCUT2D eigenvalue weighted by Crippen LogP contribution is 2.37. The van der Waals surface area contributed by atoms with Gasteiger partial charge in [0.05, 0.1) is 31.3 Å². The average molecular weight is 493 g/mol. The van der Waals surface area contributed by atoms with E-state index in [1.165, 1.54) is 13.1 Å². The SMILES string of the molecule is COc1cccc(C(=O)c2ccnc(Nc3cc(NC(C)=O)c(N(C)CCN(C)C)cc3OC)n2)c1. The maximum atomic E-state index is 13.0. The molecule has 2 aromatic carbocycles. The monoisotopic (exact) mass is 492 g/mol. The molecule has 36 heavy (non-hydrogen) atoms. The van der Waals surface area contributed by atoms with Gasteiger partial charge in [-0.1, -0.05) is 12.1 Å². The molecule has 0 bridgehead atoms. The van der Waals surface area contributed by atoms with Crippen molar-refractivity contribution in [2.75, 3.05) is 64.0 Å². The first-order valence-electron chi connectivity index (χ1n) is 11.4. The second kappa shape index (κ2) is 12.0. The van der Waals surface area contributed by atoms with Crippen LogP contribution in [0.4, 0.5) is 23.0 Å². The van der Waals surface area contributed by atoms with E-state index >= 15 is 0 Å². The van der Waals surface area contributed by atoms with Gasteiger partial charge in [-0.05, 0) is 38.4 Å². The average Bonchev–Trinajstić information content (AvgIpc) is 2.86. The lowest BCUT2D eigenvalue weighted by molar-refractivity contribution is -0.114. The Morgan fingerprint density at radius 2 is 1.75 bits per heavy atom. The third kappa shape index (κ3) is 6.70. The smallest absolute Gasteiger partial charge is 0.227 e. The second-order valence-corrected chi connectivity index (χ2v) is 8.43. The van der Waals surface area contributed by atoms with Gasteiger partial charge in [0.2, 0.25) is 17.6 Å². The van der Waals surface area contributed by atoms with E-state index in [4.69, 9.17) is 9.47 Å². The van der Waals surface area contributed by atoms with Crippen LogP contribution in [0.5, 0.6) is 11.5 Å². The van der Waals surface area contributed by atoms with E-state index in [2.05, 4.69) is 25.5 Å². The van der Waals surface area contributed by atoms with Crippen LogP contribution in [0, 0.1) is 0 Å². The Morgan fingerprint density at radius 3 is 2.42 bits per heavy atom. The molecule has 0 aliphatic heterocycles. The zero-order valence-corrected chi connectivity index (χ0v) is 21.5. The van der Waals surface area contributed by atoms with Crippen molar-refractivity contribution in [3.8, 4) is 11.5 Å². The molecule has 2 N–H and O–H groups in total. The summed E-state index contributed by atoms with van der Waals surface area (Å²) in [6.07, 6.45) is 1.51. The van der Waals surface area contributed by atoms with E-state index in [-0.39, 0.29) is 23.3 Å². The number of anilines is 4. The number of ether oxygens (including phenoxy) is 2. The first kappa shape index (κ1) is 26.4. The van der Waals surface area contributed by atoms with Crippen molar-refractivity contribution in [2.24, 2.45) is 0 Å². The van der Waals surface area contributed by atoms with Crippen molar-refractivity contribution < 1.29 is 19.1 Å². The standard InChI is InChI=1S/C26H32N6O4/c1-17(33)28-21-15-22(24(36-6)16-23(21)32(4)13-12-31(2)3)30-26-27-11-10-20(29-26)25(34)18-8-7-9-19(14-18)35-5/h7-11,14-16H,12-13H2,1-6H3,(H,28,33)(H,27,29,30). The van der Waals surface area contributed by atoms with Gasteiger partial charge in [-0.2, -0.15) is 0 Å². The van der Waals surface area contributed by atoms with E-state index in [0.29, 0.717) is 28.4 Å². The normalized spacial score (nSPS) is 10.6. The zero-order valence-electron chi connectivity index (χ0n) is 21.5. The third-order valence-electron chi connectivity index (χ3n) is 5.39. The van der Waals surface area contributed by atoms with Crippen molar-refractivity contribution in [3.05, 3.63) is 59.9 Å². The second-order valence-electron chi connectivity index (χ2n) is 8.43. The quantitative estimate of drug-likeness (QED) is 0.389. The molecule has 0 fully saturated rings. The lowest BCUT2D eigenvalue weighted by atomic mass is 10.1. The maximum absolute atomic E-state index is 13.0. The number of likely N-dealkylation sites (N-methyl/N-ethyl adjacent to an activating group) is 2. The number of benzene rings is 2. The summed E-state index contributed by atoms with van der Waals surface area (Å²) in [5.74, 6) is 0.867. The lowest BCUT2D eigenvalue weighted by Gasteiger charge is -2.25. The third-order valence-corrected chi connectivity index (χ3v) is 5.39. The molecule has 0 atom stereocenters. The predicted octanol–water partition coefficient (Wildman–Crippen LogP) is 3.42. The first-order valence-corrected chi connectivity index (χ1v) is 11.4. The Kier molecular flexibility index (Phi) is 8.80. The predicted molar refractivity (Wildman–Crippen MR) is 141 cm³/mol. The fourth-order valence-electron chi connectivity index (χ4n) is 3.49. The fraction of sp³-hybridized carbons (Fsp3) is 0.308. The molecule has 1 amide bonds. The molecule has 10 nitrogen and oxygen atoms in total. The molecule has 10 heteroatoms. The summed E-state index contributed by atoms with van der Waals surface area (Å²) in [7, 11) is 9.07. The van der Waals surface area contributed by atoms with E-state index < -0.39 is 0 Å². The van der Waals surface area contributed by atoms with Crippen LogP contribution in [0.3, 0.4) is 0 Å². The van der Waals surface area contributed by atoms with Crippen LogP contribution in [-0.4, -0.2) is 75.0 Å². The van der Waals surface area contributed by atoms with Gasteiger partial charge in [-0.3, -0.25) is 9.59 Å². The van der Waals surface area contributed by atoms with Gasteiger partial charge in [0, 0.05) is 44.9 Å². The number of hydrogen-bond donors (Lipinski definition) is 2. The van der Waals surface area contributed by atoms with Gasteiger partial charge >= 0.3 is 0 Å². The summed E-state index contributed by atoms with van der Waals surface area (Å²) < 4.78 is 10.8. The van der Waals surface area contributed by atoms with Crippen molar-refractivity contribution in [2.45, 2.75) is 6.92 Å². The van der Waals surface area contributed by atoms with Crippen LogP contribution < -0.4 is 25.0 Å². The van der Waals surface area contributed by atoms with Gasteiger partial charge in [0.1, 0.15) is 17.2 Å². The maximum Gasteiger partial charge on any atom is 0.227 e. The van der Waals surface area contributed by atoms with Crippen LogP contribution in [0.2, 0.25) is 0 Å². The fourth-order valence-corrected chi connectivity index (χ4v) is 3.49. The molecule has 3 aromatic rings. The summed E-state index contributed by atoms with van der Waals surface area (Å²) in [5, 5.41) is 6.01. The Morgan fingerprint density at radius 1 is 0.972 bits per heavy atom. The number of methoxy groups -OCH3 is 2. The largest absolute Gasteiger partial charge is 0.497 e. The molecule has 0 saturated carbocycles. The molecule has 0 aliphatic rings. The van der Waals surface area contributed by atoms with Crippen molar-refractivity contribution in [1.29, 1.82) is 0 Å². The van der Waals surface area contributed by atoms with E-state index in [1.54, 1.807) is 50.6 Å². The van der Waals surface area contributed by atoms with Crippen molar-refractivity contribution >= 4 is 34.7 Å². The van der Waals surface area contributed by atoms with Gasteiger partial charge < -0.3 is 29.9 Å². The molecule has 190 valence electrons. The Balaban J connectivity index is 1.93. The van der Waals surface area contributed by atoms with Gasteiger partial charge in [-0.15, -0.1) is 0 Å². The number of amides is 1. The first-order chi connectivity index (χ1) is 17.2. The summed E-state index contributed by atoms with van der Waals surface area (Å²) in [5.41, 5.74) is 2.63. The van der Waals surface area contributed by atoms with E-state index in [1.807, 2.05) is 32.1 Å². The Bertz CT molecular complexity index is 1230. The molecular formula is C26H32N6O4. The highest BCUT2D eigenvalue weighted by molar-refractivity contribution is 6.08.